The maximum Gasteiger partial charge on any atom is 0.253 e. The fraction of sp³-hybridized carbons (Fsp3) is 0.545. The number of methoxy groups -OCH3 is 1. The summed E-state index contributed by atoms with van der Waals surface area (Å²) in [5, 5.41) is 17.3. The Balaban J connectivity index is 2.39. The molecule has 0 fully saturated rings. The molecule has 0 saturated carbocycles. The van der Waals surface area contributed by atoms with Crippen LogP contribution in [0.3, 0.4) is 0 Å². The second-order valence-corrected chi connectivity index (χ2v) is 11.1. The lowest BCUT2D eigenvalue weighted by molar-refractivity contribution is -0.143. The van der Waals surface area contributed by atoms with Gasteiger partial charge in [0.2, 0.25) is 0 Å². The van der Waals surface area contributed by atoms with E-state index in [1.807, 2.05) is 65.0 Å². The number of benzene rings is 2. The van der Waals surface area contributed by atoms with Gasteiger partial charge in [-0.1, -0.05) is 58.0 Å². The molecule has 42 heavy (non-hydrogen) atoms. The number of carbonyl (C=O) groups is 3. The van der Waals surface area contributed by atoms with E-state index in [0.717, 1.165) is 24.0 Å². The number of aryl methyl sites for hydroxylation is 1. The van der Waals surface area contributed by atoms with Gasteiger partial charge in [-0.05, 0) is 61.4 Å². The minimum atomic E-state index is -1.37. The zero-order chi connectivity index (χ0) is 31.1. The summed E-state index contributed by atoms with van der Waals surface area (Å²) in [5.74, 6) is -0.835. The van der Waals surface area contributed by atoms with E-state index >= 15 is 0 Å². The number of hydrogen-bond acceptors (Lipinski definition) is 6. The Morgan fingerprint density at radius 2 is 1.60 bits per heavy atom. The largest absolute Gasteiger partial charge is 0.388 e. The highest BCUT2D eigenvalue weighted by molar-refractivity contribution is 6.00. The van der Waals surface area contributed by atoms with Gasteiger partial charge >= 0.3 is 0 Å². The number of aliphatic hydroxyl groups excluding tert-OH is 1. The molecule has 0 spiro atoms. The van der Waals surface area contributed by atoms with Gasteiger partial charge in [0.1, 0.15) is 6.10 Å². The smallest absolute Gasteiger partial charge is 0.253 e. The Labute approximate surface area is 251 Å². The van der Waals surface area contributed by atoms with Gasteiger partial charge in [-0.25, -0.2) is 0 Å². The van der Waals surface area contributed by atoms with Crippen LogP contribution < -0.4 is 10.6 Å². The van der Waals surface area contributed by atoms with Crippen LogP contribution in [0.5, 0.6) is 0 Å². The minimum Gasteiger partial charge on any atom is -0.388 e. The summed E-state index contributed by atoms with van der Waals surface area (Å²) in [6, 6.07) is 13.6. The number of carbonyl (C=O) groups excluding carboxylic acids is 3. The molecule has 0 aromatic heterocycles. The van der Waals surface area contributed by atoms with Crippen LogP contribution in [0.2, 0.25) is 0 Å². The average Bonchev–Trinajstić information content (AvgIpc) is 2.97. The standard InChI is InChI=1S/C33H49N3O6/c1-7-14-36(15-8-2)33(40)27-19-24(5)18-26(21-27)31(38)35-28(20-25-12-10-9-11-13-25)29(37)30(42-17-16-41-6)32(39)34-22-23(3)4/h9-13,18-19,21,23,28-30,37H,7-8,14-17,20,22H2,1-6H3,(H,34,39)(H,35,38)/t28-,29+,30+/m0/s1. The van der Waals surface area contributed by atoms with Crippen LogP contribution >= 0.6 is 0 Å². The SMILES string of the molecule is CCCN(CCC)C(=O)c1cc(C)cc(C(=O)N[C@@H](Cc2ccccc2)[C@@H](O)[C@@H](OCCOC)C(=O)NCC(C)C)c1. The second kappa shape index (κ2) is 18.3. The van der Waals surface area contributed by atoms with E-state index in [2.05, 4.69) is 10.6 Å². The molecule has 0 aliphatic rings. The predicted octanol–water partition coefficient (Wildman–Crippen LogP) is 3.76. The first-order chi connectivity index (χ1) is 20.1. The molecule has 3 N–H and O–H groups in total. The number of nitrogens with one attached hydrogen (secondary N) is 2. The second-order valence-electron chi connectivity index (χ2n) is 11.1. The third-order valence-corrected chi connectivity index (χ3v) is 6.73. The van der Waals surface area contributed by atoms with Gasteiger partial charge in [0, 0.05) is 37.9 Å². The summed E-state index contributed by atoms with van der Waals surface area (Å²) in [7, 11) is 1.52. The lowest BCUT2D eigenvalue weighted by Crippen LogP contribution is -2.55. The fourth-order valence-electron chi connectivity index (χ4n) is 4.66. The maximum absolute atomic E-state index is 13.7. The van der Waals surface area contributed by atoms with Gasteiger partial charge in [-0.15, -0.1) is 0 Å². The van der Waals surface area contributed by atoms with Gasteiger partial charge in [0.05, 0.1) is 19.3 Å². The minimum absolute atomic E-state index is 0.0920. The Morgan fingerprint density at radius 3 is 2.19 bits per heavy atom. The molecular formula is C33H49N3O6. The molecule has 0 saturated heterocycles. The van der Waals surface area contributed by atoms with Crippen LogP contribution in [0.25, 0.3) is 0 Å². The third kappa shape index (κ3) is 11.2. The van der Waals surface area contributed by atoms with Gasteiger partial charge in [0.25, 0.3) is 17.7 Å². The summed E-state index contributed by atoms with van der Waals surface area (Å²) in [5.41, 5.74) is 2.39. The van der Waals surface area contributed by atoms with E-state index in [1.165, 1.54) is 7.11 Å². The molecule has 0 aliphatic heterocycles. The fourth-order valence-corrected chi connectivity index (χ4v) is 4.66. The van der Waals surface area contributed by atoms with Crippen molar-refractivity contribution in [3.63, 3.8) is 0 Å². The molecule has 3 amide bonds. The first kappa shape index (κ1) is 34.9. The summed E-state index contributed by atoms with van der Waals surface area (Å²) in [4.78, 5) is 41.9. The number of aliphatic hydroxyl groups is 1. The van der Waals surface area contributed by atoms with E-state index in [0.29, 0.717) is 30.8 Å². The summed E-state index contributed by atoms with van der Waals surface area (Å²) < 4.78 is 10.9. The van der Waals surface area contributed by atoms with E-state index in [-0.39, 0.29) is 31.5 Å². The molecule has 9 heteroatoms. The topological polar surface area (TPSA) is 117 Å². The number of hydrogen-bond donors (Lipinski definition) is 3. The quantitative estimate of drug-likeness (QED) is 0.230. The normalized spacial score (nSPS) is 13.3. The highest BCUT2D eigenvalue weighted by atomic mass is 16.5. The van der Waals surface area contributed by atoms with E-state index < -0.39 is 30.1 Å². The van der Waals surface area contributed by atoms with Crippen molar-refractivity contribution in [2.24, 2.45) is 5.92 Å². The molecule has 3 atom stereocenters. The molecule has 0 bridgehead atoms. The van der Waals surface area contributed by atoms with Crippen molar-refractivity contribution in [2.75, 3.05) is 40.0 Å². The van der Waals surface area contributed by atoms with Gasteiger partial charge in [-0.3, -0.25) is 14.4 Å². The molecule has 232 valence electrons. The summed E-state index contributed by atoms with van der Waals surface area (Å²) in [6.45, 7) is 11.9. The molecule has 0 aliphatic carbocycles. The molecule has 0 unspecified atom stereocenters. The van der Waals surface area contributed by atoms with Crippen LogP contribution in [0, 0.1) is 12.8 Å². The zero-order valence-corrected chi connectivity index (χ0v) is 26.0. The Kier molecular flexibility index (Phi) is 15.2. The molecule has 9 nitrogen and oxygen atoms in total. The average molecular weight is 584 g/mol. The van der Waals surface area contributed by atoms with Crippen molar-refractivity contribution < 1.29 is 29.0 Å². The third-order valence-electron chi connectivity index (χ3n) is 6.73. The molecule has 0 heterocycles. The van der Waals surface area contributed by atoms with Crippen molar-refractivity contribution >= 4 is 17.7 Å². The molecule has 2 aromatic carbocycles. The lowest BCUT2D eigenvalue weighted by atomic mass is 9.96. The van der Waals surface area contributed by atoms with Crippen molar-refractivity contribution in [3.05, 3.63) is 70.8 Å². The van der Waals surface area contributed by atoms with Gasteiger partial charge in [-0.2, -0.15) is 0 Å². The van der Waals surface area contributed by atoms with E-state index in [4.69, 9.17) is 9.47 Å². The highest BCUT2D eigenvalue weighted by Gasteiger charge is 2.35. The number of amides is 3. The number of rotatable bonds is 18. The first-order valence-electron chi connectivity index (χ1n) is 14.9. The summed E-state index contributed by atoms with van der Waals surface area (Å²) >= 11 is 0. The molecule has 0 radical (unpaired) electrons. The van der Waals surface area contributed by atoms with Crippen LogP contribution in [-0.4, -0.2) is 85.9 Å². The van der Waals surface area contributed by atoms with E-state index in [9.17, 15) is 19.5 Å². The van der Waals surface area contributed by atoms with Crippen molar-refractivity contribution in [3.8, 4) is 0 Å². The maximum atomic E-state index is 13.7. The highest BCUT2D eigenvalue weighted by Crippen LogP contribution is 2.17. The molecular weight excluding hydrogens is 534 g/mol. The van der Waals surface area contributed by atoms with Crippen molar-refractivity contribution in [2.45, 2.75) is 72.1 Å². The van der Waals surface area contributed by atoms with Gasteiger partial charge in [0.15, 0.2) is 6.10 Å². The Morgan fingerprint density at radius 1 is 0.952 bits per heavy atom. The van der Waals surface area contributed by atoms with Crippen LogP contribution in [0.4, 0.5) is 0 Å². The summed E-state index contributed by atoms with van der Waals surface area (Å²) in [6.07, 6.45) is -0.675. The predicted molar refractivity (Wildman–Crippen MR) is 165 cm³/mol. The molecule has 2 rings (SSSR count). The van der Waals surface area contributed by atoms with Crippen molar-refractivity contribution in [1.82, 2.24) is 15.5 Å². The Hall–Kier alpha value is -3.27. The number of nitrogens with zero attached hydrogens (tertiary/aromatic N) is 1. The Bertz CT molecular complexity index is 1120. The first-order valence-corrected chi connectivity index (χ1v) is 14.9. The lowest BCUT2D eigenvalue weighted by Gasteiger charge is -2.30. The molecule has 2 aromatic rings. The van der Waals surface area contributed by atoms with Crippen LogP contribution in [-0.2, 0) is 20.7 Å². The monoisotopic (exact) mass is 583 g/mol. The van der Waals surface area contributed by atoms with Crippen LogP contribution in [0.1, 0.15) is 72.4 Å². The zero-order valence-electron chi connectivity index (χ0n) is 26.0. The van der Waals surface area contributed by atoms with E-state index in [1.54, 1.807) is 23.1 Å². The van der Waals surface area contributed by atoms with Crippen LogP contribution in [0.15, 0.2) is 48.5 Å². The van der Waals surface area contributed by atoms with Crippen molar-refractivity contribution in [1.29, 1.82) is 0 Å². The van der Waals surface area contributed by atoms with Gasteiger partial charge < -0.3 is 30.1 Å². The number of ether oxygens (including phenoxy) is 2.